The van der Waals surface area contributed by atoms with Gasteiger partial charge in [-0.25, -0.2) is 33.6 Å². The number of H-pyrrole nitrogens is 2. The van der Waals surface area contributed by atoms with Crippen LogP contribution in [0.1, 0.15) is 223 Å². The van der Waals surface area contributed by atoms with E-state index in [0.717, 1.165) is 77.0 Å². The summed E-state index contributed by atoms with van der Waals surface area (Å²) in [5.41, 5.74) is -3.45. The molecule has 2 aromatic rings. The van der Waals surface area contributed by atoms with Crippen LogP contribution in [0.2, 0.25) is 0 Å². The van der Waals surface area contributed by atoms with Crippen LogP contribution in [-0.4, -0.2) is 239 Å². The number of hydrogen-bond donors (Lipinski definition) is 4. The van der Waals surface area contributed by atoms with Gasteiger partial charge in [0.1, 0.15) is 47.6 Å². The van der Waals surface area contributed by atoms with Crippen molar-refractivity contribution in [1.29, 1.82) is 0 Å². The molecule has 29 heteroatoms. The van der Waals surface area contributed by atoms with Crippen molar-refractivity contribution in [1.82, 2.24) is 48.5 Å². The molecule has 4 amide bonds. The van der Waals surface area contributed by atoms with Gasteiger partial charge in [0.2, 0.25) is 0 Å². The lowest BCUT2D eigenvalue weighted by atomic mass is 9.99. The summed E-state index contributed by atoms with van der Waals surface area (Å²) in [6.07, 6.45) is 10.8. The molecular formula is C71H120N10O19. The fraction of sp³-hybridized carbons (Fsp3) is 0.817. The molecular weight excluding hydrogens is 1300 g/mol. The zero-order valence-corrected chi connectivity index (χ0v) is 62.6. The van der Waals surface area contributed by atoms with Crippen LogP contribution in [0.5, 0.6) is 0 Å². The van der Waals surface area contributed by atoms with Crippen molar-refractivity contribution < 1.29 is 72.1 Å². The second-order valence-corrected chi connectivity index (χ2v) is 31.4. The number of carbonyl (C=O) groups is 5. The number of nitrogens with one attached hydrogen (secondary N) is 2. The van der Waals surface area contributed by atoms with Gasteiger partial charge < -0.3 is 67.7 Å². The topological polar surface area (TPSA) is 329 Å². The van der Waals surface area contributed by atoms with E-state index in [1.165, 1.54) is 21.5 Å². The van der Waals surface area contributed by atoms with Crippen LogP contribution in [0.3, 0.4) is 0 Å². The zero-order chi connectivity index (χ0) is 74.0. The Morgan fingerprint density at radius 3 is 1.16 bits per heavy atom. The standard InChI is InChI=1S/C36H59N5O10.C24H45N3O5.C11H16N2O4/c1-9-27-28(20-29(48-27)41-21-24(2)30(42)37-31(41)43)49-34(46)47-19-18-38(22-25-14-10-12-16-39(25)32(44)50-35(3,4)5)23-26-15-11-13-17-40(26)33(45)51-36(6,7)8;1-23(2,3)31-21(29)26-13-9-7-11-19(26)17-25(15-16-28)18-20-12-8-10-14-27(20)22(30)32-24(4,5)6;1-3-8-7(14)4-9(17-8)13-5-6(2)10(15)12-11(13)16/h21,25-29H,9-20,22-23H2,1-8H3,(H,37,42,43);19-20,28H,7-18H2,1-6H3;5,7-9,14H,3-4H2,1-2H3,(H,12,15,16)/t25?,26?,27-,28?,29-;;7?,8-,9-/m1.1/s1. The lowest BCUT2D eigenvalue weighted by molar-refractivity contribution is -0.0390. The predicted octanol–water partition coefficient (Wildman–Crippen LogP) is 8.71. The number of ether oxygens (including phenoxy) is 8. The van der Waals surface area contributed by atoms with Gasteiger partial charge in [0.25, 0.3) is 11.1 Å². The first-order valence-electron chi connectivity index (χ1n) is 36.4. The molecule has 100 heavy (non-hydrogen) atoms. The molecule has 29 nitrogen and oxygen atoms in total. The van der Waals surface area contributed by atoms with Gasteiger partial charge in [0, 0.05) is 126 Å². The van der Waals surface area contributed by atoms with Crippen molar-refractivity contribution in [2.75, 3.05) is 78.7 Å². The summed E-state index contributed by atoms with van der Waals surface area (Å²) in [5.74, 6) is 0. The molecule has 8 heterocycles. The third kappa shape index (κ3) is 25.8. The Morgan fingerprint density at radius 1 is 0.510 bits per heavy atom. The molecule has 0 bridgehead atoms. The second kappa shape index (κ2) is 37.1. The predicted molar refractivity (Wildman–Crippen MR) is 374 cm³/mol. The number of amides is 4. The summed E-state index contributed by atoms with van der Waals surface area (Å²) in [5, 5.41) is 19.4. The quantitative estimate of drug-likeness (QED) is 0.0800. The Kier molecular flexibility index (Phi) is 30.6. The molecule has 0 aromatic carbocycles. The first kappa shape index (κ1) is 82.4. The van der Waals surface area contributed by atoms with Crippen molar-refractivity contribution in [2.45, 2.75) is 297 Å². The largest absolute Gasteiger partial charge is 0.508 e. The monoisotopic (exact) mass is 1420 g/mol. The van der Waals surface area contributed by atoms with Gasteiger partial charge in [-0.2, -0.15) is 0 Å². The van der Waals surface area contributed by atoms with E-state index in [1.807, 2.05) is 107 Å². The summed E-state index contributed by atoms with van der Waals surface area (Å²) >= 11 is 0. The fourth-order valence-electron chi connectivity index (χ4n) is 13.5. The summed E-state index contributed by atoms with van der Waals surface area (Å²) in [6, 6.07) is -0.138. The smallest absolute Gasteiger partial charge is 0.444 e. The number of nitrogens with zero attached hydrogens (tertiary/aromatic N) is 8. The molecule has 6 saturated heterocycles. The van der Waals surface area contributed by atoms with E-state index in [1.54, 1.807) is 23.6 Å². The van der Waals surface area contributed by atoms with Gasteiger partial charge in [-0.15, -0.1) is 0 Å². The highest BCUT2D eigenvalue weighted by Crippen LogP contribution is 2.33. The highest BCUT2D eigenvalue weighted by molar-refractivity contribution is 5.70. The first-order chi connectivity index (χ1) is 46.9. The minimum Gasteiger partial charge on any atom is -0.444 e. The SMILES string of the molecule is CC(C)(C)OC(=O)N1CCCCC1CN(CCO)CC1CCCCN1C(=O)OC(C)(C)C.CC[C@H]1O[C@@H](n2cc(C)c(=O)[nH]c2=O)CC1O.CC[C@H]1O[C@@H](n2cc(C)c(=O)[nH]c2=O)CC1OC(=O)OCCN(CC1CCCCN1C(=O)OC(C)(C)C)CC1CCCCN1C(=O)OC(C)(C)C. The average molecular weight is 1420 g/mol. The van der Waals surface area contributed by atoms with E-state index >= 15 is 0 Å². The summed E-state index contributed by atoms with van der Waals surface area (Å²) < 4.78 is 48.3. The number of hydrogen-bond acceptors (Lipinski definition) is 21. The average Bonchev–Trinajstić information content (AvgIpc) is 1.58. The van der Waals surface area contributed by atoms with Crippen LogP contribution in [0.4, 0.5) is 24.0 Å². The van der Waals surface area contributed by atoms with Gasteiger partial charge in [-0.05, 0) is 187 Å². The lowest BCUT2D eigenvalue weighted by Crippen LogP contribution is -2.55. The maximum Gasteiger partial charge on any atom is 0.508 e. The number of aromatic nitrogens is 4. The molecule has 8 rings (SSSR count). The number of aromatic amines is 2. The Labute approximate surface area is 589 Å². The number of carbonyl (C=O) groups excluding carboxylic acids is 5. The third-order valence-corrected chi connectivity index (χ3v) is 18.3. The van der Waals surface area contributed by atoms with E-state index in [9.17, 15) is 53.4 Å². The number of rotatable bonds is 18. The lowest BCUT2D eigenvalue weighted by Gasteiger charge is -2.42. The van der Waals surface area contributed by atoms with Crippen molar-refractivity contribution in [3.8, 4) is 0 Å². The number of piperidine rings is 4. The van der Waals surface area contributed by atoms with Crippen LogP contribution in [0.25, 0.3) is 0 Å². The van der Waals surface area contributed by atoms with Crippen LogP contribution >= 0.6 is 0 Å². The maximum atomic E-state index is 13.2. The zero-order valence-electron chi connectivity index (χ0n) is 62.6. The molecule has 6 aliphatic heterocycles. The van der Waals surface area contributed by atoms with E-state index < -0.39 is 81.8 Å². The number of aliphatic hydroxyl groups is 2. The molecule has 6 aliphatic rings. The van der Waals surface area contributed by atoms with Crippen molar-refractivity contribution >= 4 is 30.5 Å². The van der Waals surface area contributed by atoms with Crippen molar-refractivity contribution in [2.24, 2.45) is 0 Å². The molecule has 0 radical (unpaired) electrons. The molecule has 4 N–H and O–H groups in total. The van der Waals surface area contributed by atoms with Crippen LogP contribution < -0.4 is 22.5 Å². The van der Waals surface area contributed by atoms with E-state index in [0.29, 0.717) is 95.8 Å². The minimum absolute atomic E-state index is 0.0174. The molecule has 10 atom stereocenters. The second-order valence-electron chi connectivity index (χ2n) is 31.4. The highest BCUT2D eigenvalue weighted by atomic mass is 16.7. The Bertz CT molecular complexity index is 3120. The number of aliphatic hydroxyl groups excluding tert-OH is 2. The van der Waals surface area contributed by atoms with E-state index in [-0.39, 0.29) is 74.3 Å². The molecule has 568 valence electrons. The summed E-state index contributed by atoms with van der Waals surface area (Å²) in [4.78, 5) is 128. The minimum atomic E-state index is -0.853. The van der Waals surface area contributed by atoms with Gasteiger partial charge in [-0.3, -0.25) is 38.5 Å². The van der Waals surface area contributed by atoms with Crippen molar-refractivity contribution in [3.05, 3.63) is 65.2 Å². The highest BCUT2D eigenvalue weighted by Gasteiger charge is 2.41. The molecule has 2 aromatic heterocycles. The van der Waals surface area contributed by atoms with Gasteiger partial charge >= 0.3 is 41.9 Å². The van der Waals surface area contributed by atoms with Gasteiger partial charge in [0.15, 0.2) is 0 Å². The molecule has 6 unspecified atom stereocenters. The first-order valence-corrected chi connectivity index (χ1v) is 36.4. The Morgan fingerprint density at radius 2 is 0.840 bits per heavy atom. The molecule has 0 spiro atoms. The van der Waals surface area contributed by atoms with Crippen LogP contribution in [0.15, 0.2) is 31.6 Å². The van der Waals surface area contributed by atoms with Crippen LogP contribution in [0, 0.1) is 13.8 Å². The summed E-state index contributed by atoms with van der Waals surface area (Å²) in [7, 11) is 0. The molecule has 0 aliphatic carbocycles. The van der Waals surface area contributed by atoms with E-state index in [2.05, 4.69) is 19.8 Å². The number of aryl methyl sites for hydroxylation is 2. The third-order valence-electron chi connectivity index (χ3n) is 18.3. The summed E-state index contributed by atoms with van der Waals surface area (Å²) in [6.45, 7) is 35.3. The van der Waals surface area contributed by atoms with Gasteiger partial charge in [-0.1, -0.05) is 13.8 Å². The normalized spacial score (nSPS) is 24.6. The van der Waals surface area contributed by atoms with Crippen molar-refractivity contribution in [3.63, 3.8) is 0 Å². The number of likely N-dealkylation sites (tertiary alicyclic amines) is 4. The Balaban J connectivity index is 0.000000271. The van der Waals surface area contributed by atoms with Gasteiger partial charge in [0.05, 0.1) is 24.9 Å². The molecule has 0 saturated carbocycles. The van der Waals surface area contributed by atoms with E-state index in [4.69, 9.17) is 37.9 Å². The van der Waals surface area contributed by atoms with Crippen LogP contribution in [-0.2, 0) is 37.9 Å². The fourth-order valence-corrected chi connectivity index (χ4v) is 13.5. The Hall–Kier alpha value is -6.53. The maximum absolute atomic E-state index is 13.2. The molecule has 6 fully saturated rings.